The minimum absolute atomic E-state index is 0.0841. The number of likely N-dealkylation sites (tertiary alicyclic amines) is 1. The molecule has 0 spiro atoms. The SMILES string of the molecule is CC(C)(C=C(C#N)C(=O)N1CCC[C@H](n2nc(-c3ccccc3Oc3ccccc3F)c3c(N)ncnc32)C1)N1CCNCC1. The highest BCUT2D eigenvalue weighted by Crippen LogP contribution is 2.39. The lowest BCUT2D eigenvalue weighted by Crippen LogP contribution is -2.53. The van der Waals surface area contributed by atoms with E-state index in [4.69, 9.17) is 15.6 Å². The predicted molar refractivity (Wildman–Crippen MR) is 169 cm³/mol. The third kappa shape index (κ3) is 6.09. The van der Waals surface area contributed by atoms with E-state index in [1.165, 1.54) is 12.4 Å². The van der Waals surface area contributed by atoms with Crippen molar-refractivity contribution < 1.29 is 13.9 Å². The molecule has 12 heteroatoms. The van der Waals surface area contributed by atoms with E-state index in [-0.39, 0.29) is 29.1 Å². The summed E-state index contributed by atoms with van der Waals surface area (Å²) in [4.78, 5) is 26.5. The first-order valence-corrected chi connectivity index (χ1v) is 15.2. The van der Waals surface area contributed by atoms with E-state index in [2.05, 4.69) is 26.3 Å². The molecule has 232 valence electrons. The van der Waals surface area contributed by atoms with Crippen LogP contribution in [0.3, 0.4) is 0 Å². The molecule has 2 aromatic carbocycles. The summed E-state index contributed by atoms with van der Waals surface area (Å²) in [5, 5.41) is 18.9. The molecule has 2 aromatic heterocycles. The highest BCUT2D eigenvalue weighted by molar-refractivity contribution is 6.00. The Balaban J connectivity index is 1.32. The standard InChI is InChI=1S/C33H36FN9O2/c1-33(2,42-16-13-37-14-17-42)18-22(19-35)32(44)41-15-7-8-23(20-41)43-31-28(30(36)38-21-39-31)29(40-43)24-9-3-5-11-26(24)45-27-12-6-4-10-25(27)34/h3-6,9-12,18,21,23,37H,7-8,13-17,20H2,1-2H3,(H2,36,38,39)/t23-/m0/s1. The molecule has 6 rings (SSSR count). The number of piperazine rings is 1. The number of ether oxygens (including phenoxy) is 1. The van der Waals surface area contributed by atoms with Gasteiger partial charge >= 0.3 is 0 Å². The topological polar surface area (TPSA) is 138 Å². The van der Waals surface area contributed by atoms with Crippen molar-refractivity contribution >= 4 is 22.8 Å². The minimum atomic E-state index is -0.486. The van der Waals surface area contributed by atoms with E-state index in [0.717, 1.165) is 39.0 Å². The van der Waals surface area contributed by atoms with Crippen molar-refractivity contribution in [2.75, 3.05) is 45.0 Å². The molecule has 2 fully saturated rings. The lowest BCUT2D eigenvalue weighted by molar-refractivity contribution is -0.128. The molecule has 11 nitrogen and oxygen atoms in total. The average molecular weight is 610 g/mol. The number of rotatable bonds is 7. The summed E-state index contributed by atoms with van der Waals surface area (Å²) >= 11 is 0. The fourth-order valence-corrected chi connectivity index (χ4v) is 6.17. The van der Waals surface area contributed by atoms with E-state index in [9.17, 15) is 14.4 Å². The number of nitrogens with two attached hydrogens (primary N) is 1. The van der Waals surface area contributed by atoms with Crippen LogP contribution in [0.15, 0.2) is 66.5 Å². The van der Waals surface area contributed by atoms with Crippen molar-refractivity contribution in [2.24, 2.45) is 0 Å². The first-order valence-electron chi connectivity index (χ1n) is 15.2. The maximum absolute atomic E-state index is 14.5. The van der Waals surface area contributed by atoms with E-state index in [0.29, 0.717) is 41.1 Å². The number of anilines is 1. The monoisotopic (exact) mass is 609 g/mol. The highest BCUT2D eigenvalue weighted by atomic mass is 19.1. The Morgan fingerprint density at radius 2 is 1.84 bits per heavy atom. The van der Waals surface area contributed by atoms with Gasteiger partial charge in [0.05, 0.1) is 11.4 Å². The number of piperidine rings is 1. The molecule has 0 saturated carbocycles. The number of fused-ring (bicyclic) bond motifs is 1. The molecule has 0 radical (unpaired) electrons. The summed E-state index contributed by atoms with van der Waals surface area (Å²) in [5.74, 6) is -0.0513. The second-order valence-corrected chi connectivity index (χ2v) is 11.9. The highest BCUT2D eigenvalue weighted by Gasteiger charge is 2.33. The largest absolute Gasteiger partial charge is 0.454 e. The zero-order valence-corrected chi connectivity index (χ0v) is 25.4. The number of hydrogen-bond donors (Lipinski definition) is 2. The van der Waals surface area contributed by atoms with Gasteiger partial charge in [0.15, 0.2) is 17.2 Å². The maximum atomic E-state index is 14.5. The number of aromatic nitrogens is 4. The summed E-state index contributed by atoms with van der Waals surface area (Å²) in [6.07, 6.45) is 4.66. The van der Waals surface area contributed by atoms with Gasteiger partial charge in [-0.1, -0.05) is 24.3 Å². The average Bonchev–Trinajstić information content (AvgIpc) is 3.46. The van der Waals surface area contributed by atoms with Crippen molar-refractivity contribution in [1.29, 1.82) is 5.26 Å². The maximum Gasteiger partial charge on any atom is 0.264 e. The van der Waals surface area contributed by atoms with E-state index >= 15 is 0 Å². The van der Waals surface area contributed by atoms with Gasteiger partial charge in [-0.2, -0.15) is 10.4 Å². The molecule has 0 aliphatic carbocycles. The first-order chi connectivity index (χ1) is 21.8. The van der Waals surface area contributed by atoms with E-state index in [1.54, 1.807) is 46.0 Å². The molecule has 1 atom stereocenters. The lowest BCUT2D eigenvalue weighted by atomic mass is 9.97. The second-order valence-electron chi connectivity index (χ2n) is 11.9. The van der Waals surface area contributed by atoms with Crippen molar-refractivity contribution in [3.8, 4) is 28.8 Å². The Kier molecular flexibility index (Phi) is 8.47. The Morgan fingerprint density at radius 1 is 1.11 bits per heavy atom. The van der Waals surface area contributed by atoms with Crippen LogP contribution >= 0.6 is 0 Å². The summed E-state index contributed by atoms with van der Waals surface area (Å²) in [6.45, 7) is 8.38. The first kappa shape index (κ1) is 30.2. The predicted octanol–water partition coefficient (Wildman–Crippen LogP) is 4.30. The molecule has 2 saturated heterocycles. The minimum Gasteiger partial charge on any atom is -0.454 e. The molecule has 2 aliphatic heterocycles. The third-order valence-corrected chi connectivity index (χ3v) is 8.53. The van der Waals surface area contributed by atoms with Crippen LogP contribution in [-0.4, -0.2) is 80.3 Å². The molecule has 4 heterocycles. The number of carbonyl (C=O) groups excluding carboxylic acids is 1. The Hall–Kier alpha value is -4.86. The van der Waals surface area contributed by atoms with Crippen molar-refractivity contribution in [2.45, 2.75) is 38.3 Å². The van der Waals surface area contributed by atoms with Gasteiger partial charge < -0.3 is 20.7 Å². The molecule has 3 N–H and O–H groups in total. The third-order valence-electron chi connectivity index (χ3n) is 8.53. The molecular formula is C33H36FN9O2. The van der Waals surface area contributed by atoms with Gasteiger partial charge in [-0.25, -0.2) is 19.0 Å². The summed E-state index contributed by atoms with van der Waals surface area (Å²) in [6, 6.07) is 15.3. The summed E-state index contributed by atoms with van der Waals surface area (Å²) in [5.41, 5.74) is 7.70. The zero-order valence-electron chi connectivity index (χ0n) is 25.4. The number of benzene rings is 2. The van der Waals surface area contributed by atoms with E-state index in [1.807, 2.05) is 26.0 Å². The number of para-hydroxylation sites is 2. The van der Waals surface area contributed by atoms with Crippen LogP contribution in [-0.2, 0) is 4.79 Å². The van der Waals surface area contributed by atoms with Crippen LogP contribution < -0.4 is 15.8 Å². The van der Waals surface area contributed by atoms with E-state index < -0.39 is 11.4 Å². The normalized spacial score (nSPS) is 18.1. The van der Waals surface area contributed by atoms with Crippen molar-refractivity contribution in [3.05, 3.63) is 72.3 Å². The van der Waals surface area contributed by atoms with Gasteiger partial charge in [-0.15, -0.1) is 0 Å². The molecule has 45 heavy (non-hydrogen) atoms. The zero-order chi connectivity index (χ0) is 31.6. The van der Waals surface area contributed by atoms with Crippen LogP contribution in [0.1, 0.15) is 32.7 Å². The molecule has 2 aliphatic rings. The fraction of sp³-hybridized carbons (Fsp3) is 0.364. The summed E-state index contributed by atoms with van der Waals surface area (Å²) in [7, 11) is 0. The lowest BCUT2D eigenvalue weighted by Gasteiger charge is -2.39. The summed E-state index contributed by atoms with van der Waals surface area (Å²) < 4.78 is 22.3. The van der Waals surface area contributed by atoms with Crippen LogP contribution in [0.5, 0.6) is 11.5 Å². The van der Waals surface area contributed by atoms with Gasteiger partial charge in [-0.3, -0.25) is 9.69 Å². The Morgan fingerprint density at radius 3 is 2.60 bits per heavy atom. The van der Waals surface area contributed by atoms with Crippen LogP contribution in [0.4, 0.5) is 10.2 Å². The van der Waals surface area contributed by atoms with Gasteiger partial charge in [-0.05, 0) is 57.0 Å². The number of hydrogen-bond acceptors (Lipinski definition) is 9. The molecule has 0 unspecified atom stereocenters. The van der Waals surface area contributed by atoms with Crippen LogP contribution in [0.25, 0.3) is 22.3 Å². The number of nitrogens with zero attached hydrogens (tertiary/aromatic N) is 7. The Bertz CT molecular complexity index is 1790. The molecule has 0 bridgehead atoms. The van der Waals surface area contributed by atoms with Gasteiger partial charge in [0.2, 0.25) is 0 Å². The van der Waals surface area contributed by atoms with Gasteiger partial charge in [0.25, 0.3) is 5.91 Å². The number of halogens is 1. The number of carbonyl (C=O) groups is 1. The van der Waals surface area contributed by atoms with Gasteiger partial charge in [0, 0.05) is 50.4 Å². The van der Waals surface area contributed by atoms with Crippen molar-refractivity contribution in [3.63, 3.8) is 0 Å². The smallest absolute Gasteiger partial charge is 0.264 e. The number of nitriles is 1. The fourth-order valence-electron chi connectivity index (χ4n) is 6.17. The number of amides is 1. The molecular weight excluding hydrogens is 573 g/mol. The number of nitrogens with one attached hydrogen (secondary N) is 1. The Labute approximate surface area is 261 Å². The number of nitrogen functional groups attached to an aromatic ring is 1. The molecule has 1 amide bonds. The second kappa shape index (κ2) is 12.6. The van der Waals surface area contributed by atoms with Crippen LogP contribution in [0, 0.1) is 17.1 Å². The molecule has 4 aromatic rings. The van der Waals surface area contributed by atoms with Crippen LogP contribution in [0.2, 0.25) is 0 Å². The quantitative estimate of drug-likeness (QED) is 0.232. The van der Waals surface area contributed by atoms with Crippen molar-refractivity contribution in [1.82, 2.24) is 34.9 Å². The van der Waals surface area contributed by atoms with Gasteiger partial charge in [0.1, 0.15) is 35.2 Å².